The lowest BCUT2D eigenvalue weighted by molar-refractivity contribution is -0.122. The highest BCUT2D eigenvalue weighted by atomic mass is 16.2. The van der Waals surface area contributed by atoms with E-state index in [1.54, 1.807) is 13.1 Å². The molecule has 110 valence electrons. The van der Waals surface area contributed by atoms with Crippen molar-refractivity contribution in [1.29, 1.82) is 0 Å². The molecule has 1 unspecified atom stereocenters. The summed E-state index contributed by atoms with van der Waals surface area (Å²) in [5, 5.41) is 2.82. The van der Waals surface area contributed by atoms with Gasteiger partial charge in [0.15, 0.2) is 0 Å². The molecule has 1 fully saturated rings. The van der Waals surface area contributed by atoms with E-state index in [0.717, 1.165) is 37.6 Å². The summed E-state index contributed by atoms with van der Waals surface area (Å²) in [6.07, 6.45) is 1.79. The van der Waals surface area contributed by atoms with E-state index in [-0.39, 0.29) is 5.91 Å². The van der Waals surface area contributed by atoms with Crippen LogP contribution in [0.15, 0.2) is 18.3 Å². The van der Waals surface area contributed by atoms with Gasteiger partial charge in [0.1, 0.15) is 5.82 Å². The number of aromatic nitrogens is 1. The van der Waals surface area contributed by atoms with Gasteiger partial charge in [-0.25, -0.2) is 4.98 Å². The Morgan fingerprint density at radius 1 is 1.45 bits per heavy atom. The molecule has 2 rings (SSSR count). The third-order valence-electron chi connectivity index (χ3n) is 3.52. The Balaban J connectivity index is 1.95. The van der Waals surface area contributed by atoms with Crippen molar-refractivity contribution in [1.82, 2.24) is 15.2 Å². The summed E-state index contributed by atoms with van der Waals surface area (Å²) in [7, 11) is 2.13. The lowest BCUT2D eigenvalue weighted by Crippen LogP contribution is -2.44. The van der Waals surface area contributed by atoms with Gasteiger partial charge in [0, 0.05) is 38.9 Å². The molecule has 1 aromatic heterocycles. The van der Waals surface area contributed by atoms with Crippen LogP contribution in [0.25, 0.3) is 0 Å². The van der Waals surface area contributed by atoms with Crippen molar-refractivity contribution in [2.24, 2.45) is 5.73 Å². The Hall–Kier alpha value is -1.66. The molecule has 6 nitrogen and oxygen atoms in total. The lowest BCUT2D eigenvalue weighted by Gasteiger charge is -2.33. The summed E-state index contributed by atoms with van der Waals surface area (Å²) in [6.45, 7) is 6.24. The SMILES string of the molecule is CC(N)C(=O)NCc1ccnc(N2CCN(C)CC2)c1. The number of hydrogen-bond donors (Lipinski definition) is 2. The Morgan fingerprint density at radius 3 is 2.80 bits per heavy atom. The van der Waals surface area contributed by atoms with Crippen LogP contribution in [0.5, 0.6) is 0 Å². The first-order valence-corrected chi connectivity index (χ1v) is 6.98. The van der Waals surface area contributed by atoms with Crippen molar-refractivity contribution >= 4 is 11.7 Å². The van der Waals surface area contributed by atoms with E-state index in [0.29, 0.717) is 6.54 Å². The van der Waals surface area contributed by atoms with E-state index in [1.807, 2.05) is 12.1 Å². The minimum Gasteiger partial charge on any atom is -0.354 e. The van der Waals surface area contributed by atoms with Crippen LogP contribution in [-0.4, -0.2) is 55.1 Å². The summed E-state index contributed by atoms with van der Waals surface area (Å²) < 4.78 is 0. The molecule has 1 aliphatic rings. The van der Waals surface area contributed by atoms with E-state index in [2.05, 4.69) is 27.1 Å². The van der Waals surface area contributed by atoms with Crippen LogP contribution in [0.2, 0.25) is 0 Å². The molecule has 0 aliphatic carbocycles. The van der Waals surface area contributed by atoms with Crippen LogP contribution in [-0.2, 0) is 11.3 Å². The molecule has 1 amide bonds. The van der Waals surface area contributed by atoms with Crippen molar-refractivity contribution in [3.63, 3.8) is 0 Å². The number of carbonyl (C=O) groups excluding carboxylic acids is 1. The van der Waals surface area contributed by atoms with Crippen LogP contribution >= 0.6 is 0 Å². The zero-order valence-corrected chi connectivity index (χ0v) is 12.2. The maximum atomic E-state index is 11.5. The summed E-state index contributed by atoms with van der Waals surface area (Å²) in [4.78, 5) is 20.5. The van der Waals surface area contributed by atoms with Gasteiger partial charge in [-0.1, -0.05) is 0 Å². The fourth-order valence-corrected chi connectivity index (χ4v) is 2.13. The van der Waals surface area contributed by atoms with E-state index < -0.39 is 6.04 Å². The van der Waals surface area contributed by atoms with Crippen molar-refractivity contribution < 1.29 is 4.79 Å². The average molecular weight is 277 g/mol. The number of pyridine rings is 1. The van der Waals surface area contributed by atoms with Crippen LogP contribution in [0.3, 0.4) is 0 Å². The number of nitrogens with one attached hydrogen (secondary N) is 1. The van der Waals surface area contributed by atoms with Crippen LogP contribution in [0.4, 0.5) is 5.82 Å². The van der Waals surface area contributed by atoms with Gasteiger partial charge in [0.25, 0.3) is 0 Å². The second kappa shape index (κ2) is 6.67. The van der Waals surface area contributed by atoms with Gasteiger partial charge in [-0.05, 0) is 31.7 Å². The molecule has 0 bridgehead atoms. The highest BCUT2D eigenvalue weighted by Crippen LogP contribution is 2.14. The van der Waals surface area contributed by atoms with Crippen molar-refractivity contribution in [3.8, 4) is 0 Å². The van der Waals surface area contributed by atoms with Crippen molar-refractivity contribution in [2.45, 2.75) is 19.5 Å². The number of piperazine rings is 1. The zero-order chi connectivity index (χ0) is 14.5. The minimum atomic E-state index is -0.478. The van der Waals surface area contributed by atoms with Gasteiger partial charge in [-0.15, -0.1) is 0 Å². The molecule has 0 radical (unpaired) electrons. The monoisotopic (exact) mass is 277 g/mol. The highest BCUT2D eigenvalue weighted by Gasteiger charge is 2.15. The van der Waals surface area contributed by atoms with Crippen LogP contribution < -0.4 is 16.0 Å². The molecule has 0 saturated carbocycles. The number of likely N-dealkylation sites (N-methyl/N-ethyl adjacent to an activating group) is 1. The molecule has 1 aromatic rings. The number of carbonyl (C=O) groups is 1. The number of anilines is 1. The fraction of sp³-hybridized carbons (Fsp3) is 0.571. The third kappa shape index (κ3) is 3.91. The molecule has 0 spiro atoms. The molecule has 1 saturated heterocycles. The molecular formula is C14H23N5O. The Bertz CT molecular complexity index is 455. The van der Waals surface area contributed by atoms with Crippen LogP contribution in [0.1, 0.15) is 12.5 Å². The molecule has 0 aromatic carbocycles. The highest BCUT2D eigenvalue weighted by molar-refractivity contribution is 5.80. The van der Waals surface area contributed by atoms with Gasteiger partial charge in [0.05, 0.1) is 6.04 Å². The first-order valence-electron chi connectivity index (χ1n) is 6.98. The van der Waals surface area contributed by atoms with Crippen molar-refractivity contribution in [2.75, 3.05) is 38.1 Å². The number of nitrogens with zero attached hydrogens (tertiary/aromatic N) is 3. The first-order chi connectivity index (χ1) is 9.56. The fourth-order valence-electron chi connectivity index (χ4n) is 2.13. The lowest BCUT2D eigenvalue weighted by atomic mass is 10.2. The van der Waals surface area contributed by atoms with Gasteiger partial charge in [-0.3, -0.25) is 4.79 Å². The van der Waals surface area contributed by atoms with Gasteiger partial charge < -0.3 is 20.9 Å². The maximum Gasteiger partial charge on any atom is 0.236 e. The normalized spacial score (nSPS) is 17.9. The Morgan fingerprint density at radius 2 is 2.15 bits per heavy atom. The van der Waals surface area contributed by atoms with E-state index in [9.17, 15) is 4.79 Å². The summed E-state index contributed by atoms with van der Waals surface area (Å²) >= 11 is 0. The number of amides is 1. The summed E-state index contributed by atoms with van der Waals surface area (Å²) in [5.74, 6) is 0.841. The second-order valence-corrected chi connectivity index (χ2v) is 5.32. The topological polar surface area (TPSA) is 74.5 Å². The van der Waals surface area contributed by atoms with E-state index in [4.69, 9.17) is 5.73 Å². The first kappa shape index (κ1) is 14.7. The van der Waals surface area contributed by atoms with Gasteiger partial charge >= 0.3 is 0 Å². The molecule has 1 aliphatic heterocycles. The summed E-state index contributed by atoms with van der Waals surface area (Å²) in [5.41, 5.74) is 6.57. The predicted octanol–water partition coefficient (Wildman–Crippen LogP) is -0.203. The third-order valence-corrected chi connectivity index (χ3v) is 3.52. The molecule has 20 heavy (non-hydrogen) atoms. The van der Waals surface area contributed by atoms with E-state index in [1.165, 1.54) is 0 Å². The maximum absolute atomic E-state index is 11.5. The van der Waals surface area contributed by atoms with Crippen LogP contribution in [0, 0.1) is 0 Å². The Labute approximate surface area is 120 Å². The quantitative estimate of drug-likeness (QED) is 0.797. The predicted molar refractivity (Wildman–Crippen MR) is 79.4 cm³/mol. The standard InChI is InChI=1S/C14H23N5O/c1-11(15)14(20)17-10-12-3-4-16-13(9-12)19-7-5-18(2)6-8-19/h3-4,9,11H,5-8,10,15H2,1-2H3,(H,17,20). The summed E-state index contributed by atoms with van der Waals surface area (Å²) in [6, 6.07) is 3.47. The molecule has 1 atom stereocenters. The Kier molecular flexibility index (Phi) is 4.92. The minimum absolute atomic E-state index is 0.136. The number of nitrogens with two attached hydrogens (primary N) is 1. The molecular weight excluding hydrogens is 254 g/mol. The second-order valence-electron chi connectivity index (χ2n) is 5.32. The molecule has 3 N–H and O–H groups in total. The van der Waals surface area contributed by atoms with E-state index >= 15 is 0 Å². The molecule has 2 heterocycles. The largest absolute Gasteiger partial charge is 0.354 e. The van der Waals surface area contributed by atoms with Gasteiger partial charge in [-0.2, -0.15) is 0 Å². The zero-order valence-electron chi connectivity index (χ0n) is 12.2. The molecule has 6 heteroatoms. The number of hydrogen-bond acceptors (Lipinski definition) is 5. The smallest absolute Gasteiger partial charge is 0.236 e. The van der Waals surface area contributed by atoms with Gasteiger partial charge in [0.2, 0.25) is 5.91 Å². The number of rotatable bonds is 4. The van der Waals surface area contributed by atoms with Crippen molar-refractivity contribution in [3.05, 3.63) is 23.9 Å². The average Bonchev–Trinajstić information content (AvgIpc) is 2.45.